The molecule has 0 amide bonds. The summed E-state index contributed by atoms with van der Waals surface area (Å²) in [6.45, 7) is 4.69. The highest BCUT2D eigenvalue weighted by Crippen LogP contribution is 2.17. The minimum atomic E-state index is 0.411. The molecule has 0 saturated heterocycles. The molecular weight excluding hydrogens is 284 g/mol. The summed E-state index contributed by atoms with van der Waals surface area (Å²) in [5.74, 6) is 0.411. The van der Waals surface area contributed by atoms with Crippen LogP contribution in [-0.2, 0) is 6.54 Å². The van der Waals surface area contributed by atoms with Gasteiger partial charge in [-0.2, -0.15) is 0 Å². The molecule has 3 N–H and O–H groups in total. The molecule has 0 radical (unpaired) electrons. The Morgan fingerprint density at radius 2 is 1.91 bits per heavy atom. The second kappa shape index (κ2) is 6.48. The van der Waals surface area contributed by atoms with Gasteiger partial charge in [0.1, 0.15) is 0 Å². The van der Waals surface area contributed by atoms with Gasteiger partial charge in [-0.3, -0.25) is 4.98 Å². The molecule has 23 heavy (non-hydrogen) atoms. The number of aliphatic imine (C=N–C) groups is 1. The summed E-state index contributed by atoms with van der Waals surface area (Å²) in [5.41, 5.74) is 11.5. The number of guanidine groups is 1. The van der Waals surface area contributed by atoms with Crippen molar-refractivity contribution >= 4 is 22.5 Å². The number of hydrogen-bond acceptors (Lipinski definition) is 2. The third-order valence-electron chi connectivity index (χ3n) is 3.94. The number of nitrogens with two attached hydrogens (primary N) is 1. The second-order valence-electron chi connectivity index (χ2n) is 5.61. The highest BCUT2D eigenvalue weighted by atomic mass is 15.1. The highest BCUT2D eigenvalue weighted by molar-refractivity contribution is 5.92. The van der Waals surface area contributed by atoms with Gasteiger partial charge in [-0.15, -0.1) is 0 Å². The van der Waals surface area contributed by atoms with E-state index < -0.39 is 0 Å². The van der Waals surface area contributed by atoms with Crippen LogP contribution >= 0.6 is 0 Å². The number of nitrogens with one attached hydrogen (secondary N) is 1. The van der Waals surface area contributed by atoms with Crippen LogP contribution in [0, 0.1) is 13.8 Å². The molecule has 0 aliphatic rings. The predicted molar refractivity (Wildman–Crippen MR) is 96.6 cm³/mol. The molecule has 1 heterocycles. The van der Waals surface area contributed by atoms with Crippen molar-refractivity contribution in [3.05, 3.63) is 71.4 Å². The minimum Gasteiger partial charge on any atom is -0.370 e. The van der Waals surface area contributed by atoms with Crippen molar-refractivity contribution in [3.63, 3.8) is 0 Å². The number of benzene rings is 2. The number of anilines is 1. The predicted octanol–water partition coefficient (Wildman–Crippen LogP) is 3.78. The maximum atomic E-state index is 6.01. The number of para-hydroxylation sites is 1. The molecule has 3 aromatic rings. The van der Waals surface area contributed by atoms with E-state index in [-0.39, 0.29) is 0 Å². The first-order chi connectivity index (χ1) is 11.1. The Kier molecular flexibility index (Phi) is 4.24. The molecule has 1 aromatic heterocycles. The van der Waals surface area contributed by atoms with Gasteiger partial charge in [0.25, 0.3) is 0 Å². The lowest BCUT2D eigenvalue weighted by Gasteiger charge is -2.08. The molecule has 0 unspecified atom stereocenters. The van der Waals surface area contributed by atoms with Gasteiger partial charge in [-0.25, -0.2) is 4.99 Å². The molecule has 116 valence electrons. The SMILES string of the molecule is Cc1ccc(NC(N)=NCc2ccnc3ccccc23)cc1C. The van der Waals surface area contributed by atoms with E-state index in [0.717, 1.165) is 22.2 Å². The van der Waals surface area contributed by atoms with Crippen LogP contribution in [0.2, 0.25) is 0 Å². The van der Waals surface area contributed by atoms with E-state index in [1.54, 1.807) is 6.20 Å². The van der Waals surface area contributed by atoms with Gasteiger partial charge in [0.2, 0.25) is 0 Å². The van der Waals surface area contributed by atoms with E-state index >= 15 is 0 Å². The molecule has 0 aliphatic heterocycles. The van der Waals surface area contributed by atoms with Crippen molar-refractivity contribution in [2.75, 3.05) is 5.32 Å². The number of hydrogen-bond donors (Lipinski definition) is 2. The Morgan fingerprint density at radius 1 is 1.09 bits per heavy atom. The van der Waals surface area contributed by atoms with Gasteiger partial charge in [-0.05, 0) is 54.8 Å². The average Bonchev–Trinajstić information content (AvgIpc) is 2.56. The van der Waals surface area contributed by atoms with Crippen LogP contribution in [0.25, 0.3) is 10.9 Å². The summed E-state index contributed by atoms with van der Waals surface area (Å²) in [6.07, 6.45) is 1.81. The molecule has 3 rings (SSSR count). The van der Waals surface area contributed by atoms with Crippen LogP contribution in [0.3, 0.4) is 0 Å². The van der Waals surface area contributed by atoms with Gasteiger partial charge in [0.05, 0.1) is 12.1 Å². The first kappa shape index (κ1) is 15.0. The summed E-state index contributed by atoms with van der Waals surface area (Å²) in [4.78, 5) is 8.81. The minimum absolute atomic E-state index is 0.411. The van der Waals surface area contributed by atoms with Gasteiger partial charge in [0.15, 0.2) is 5.96 Å². The Hall–Kier alpha value is -2.88. The molecule has 0 aliphatic carbocycles. The van der Waals surface area contributed by atoms with E-state index in [1.807, 2.05) is 30.3 Å². The molecule has 0 saturated carbocycles. The molecule has 2 aromatic carbocycles. The van der Waals surface area contributed by atoms with Crippen LogP contribution in [0.5, 0.6) is 0 Å². The molecule has 4 heteroatoms. The van der Waals surface area contributed by atoms with E-state index in [4.69, 9.17) is 5.73 Å². The molecule has 0 atom stereocenters. The van der Waals surface area contributed by atoms with Gasteiger partial charge >= 0.3 is 0 Å². The summed E-state index contributed by atoms with van der Waals surface area (Å²) in [7, 11) is 0. The van der Waals surface area contributed by atoms with Crippen molar-refractivity contribution < 1.29 is 0 Å². The lowest BCUT2D eigenvalue weighted by Crippen LogP contribution is -2.22. The third-order valence-corrected chi connectivity index (χ3v) is 3.94. The normalized spacial score (nSPS) is 11.7. The Labute approximate surface area is 136 Å². The van der Waals surface area contributed by atoms with E-state index in [2.05, 4.69) is 47.3 Å². The van der Waals surface area contributed by atoms with Crippen LogP contribution in [-0.4, -0.2) is 10.9 Å². The van der Waals surface area contributed by atoms with Gasteiger partial charge in [-0.1, -0.05) is 24.3 Å². The van der Waals surface area contributed by atoms with Crippen LogP contribution in [0.1, 0.15) is 16.7 Å². The van der Waals surface area contributed by atoms with Crippen molar-refractivity contribution in [2.45, 2.75) is 20.4 Å². The van der Waals surface area contributed by atoms with Crippen molar-refractivity contribution in [1.29, 1.82) is 0 Å². The fraction of sp³-hybridized carbons (Fsp3) is 0.158. The quantitative estimate of drug-likeness (QED) is 0.572. The molecule has 4 nitrogen and oxygen atoms in total. The Morgan fingerprint density at radius 3 is 2.74 bits per heavy atom. The number of aromatic nitrogens is 1. The standard InChI is InChI=1S/C19H20N4/c1-13-7-8-16(11-14(13)2)23-19(20)22-12-15-9-10-21-18-6-4-3-5-17(15)18/h3-11H,12H2,1-2H3,(H3,20,22,23). The molecule has 0 bridgehead atoms. The topological polar surface area (TPSA) is 63.3 Å². The van der Waals surface area contributed by atoms with E-state index in [1.165, 1.54) is 11.1 Å². The van der Waals surface area contributed by atoms with Crippen molar-refractivity contribution in [3.8, 4) is 0 Å². The number of aryl methyl sites for hydroxylation is 2. The largest absolute Gasteiger partial charge is 0.370 e. The smallest absolute Gasteiger partial charge is 0.193 e. The maximum Gasteiger partial charge on any atom is 0.193 e. The zero-order valence-corrected chi connectivity index (χ0v) is 13.4. The van der Waals surface area contributed by atoms with E-state index in [0.29, 0.717) is 12.5 Å². The lowest BCUT2D eigenvalue weighted by atomic mass is 10.1. The zero-order valence-electron chi connectivity index (χ0n) is 13.4. The van der Waals surface area contributed by atoms with Crippen LogP contribution in [0.4, 0.5) is 5.69 Å². The third kappa shape index (κ3) is 3.48. The average molecular weight is 304 g/mol. The summed E-state index contributed by atoms with van der Waals surface area (Å²) < 4.78 is 0. The van der Waals surface area contributed by atoms with Crippen molar-refractivity contribution in [2.24, 2.45) is 10.7 Å². The van der Waals surface area contributed by atoms with Crippen LogP contribution < -0.4 is 11.1 Å². The number of rotatable bonds is 3. The lowest BCUT2D eigenvalue weighted by molar-refractivity contribution is 1.07. The maximum absolute atomic E-state index is 6.01. The van der Waals surface area contributed by atoms with E-state index in [9.17, 15) is 0 Å². The molecule has 0 spiro atoms. The van der Waals surface area contributed by atoms with Gasteiger partial charge < -0.3 is 11.1 Å². The summed E-state index contributed by atoms with van der Waals surface area (Å²) in [6, 6.07) is 16.2. The number of pyridine rings is 1. The zero-order chi connectivity index (χ0) is 16.2. The first-order valence-corrected chi connectivity index (χ1v) is 7.60. The molecular formula is C19H20N4. The monoisotopic (exact) mass is 304 g/mol. The summed E-state index contributed by atoms with van der Waals surface area (Å²) in [5, 5.41) is 4.25. The Balaban J connectivity index is 1.77. The second-order valence-corrected chi connectivity index (χ2v) is 5.61. The van der Waals surface area contributed by atoms with Gasteiger partial charge in [0, 0.05) is 17.3 Å². The Bertz CT molecular complexity index is 863. The molecule has 0 fully saturated rings. The number of fused-ring (bicyclic) bond motifs is 1. The highest BCUT2D eigenvalue weighted by Gasteiger charge is 2.02. The summed E-state index contributed by atoms with van der Waals surface area (Å²) >= 11 is 0. The number of nitrogens with zero attached hydrogens (tertiary/aromatic N) is 2. The first-order valence-electron chi connectivity index (χ1n) is 7.60. The fourth-order valence-corrected chi connectivity index (χ4v) is 2.47. The van der Waals surface area contributed by atoms with Crippen molar-refractivity contribution in [1.82, 2.24) is 4.98 Å². The fourth-order valence-electron chi connectivity index (χ4n) is 2.47. The van der Waals surface area contributed by atoms with Crippen LogP contribution in [0.15, 0.2) is 59.7 Å².